The van der Waals surface area contributed by atoms with Crippen LogP contribution in [0.15, 0.2) is 0 Å². The van der Waals surface area contributed by atoms with Crippen LogP contribution in [0.2, 0.25) is 0 Å². The van der Waals surface area contributed by atoms with Gasteiger partial charge in [0, 0.05) is 107 Å². The van der Waals surface area contributed by atoms with Crippen LogP contribution in [0.5, 0.6) is 0 Å². The molecule has 0 saturated carbocycles. The number of rotatable bonds is 29. The summed E-state index contributed by atoms with van der Waals surface area (Å²) < 4.78 is 11.4. The maximum Gasteiger partial charge on any atom is 0.305 e. The minimum absolute atomic E-state index is 0.0427. The van der Waals surface area contributed by atoms with Gasteiger partial charge in [-0.2, -0.15) is 29.9 Å². The van der Waals surface area contributed by atoms with Crippen LogP contribution in [0.1, 0.15) is 241 Å². The highest BCUT2D eigenvalue weighted by molar-refractivity contribution is 5.69. The summed E-state index contributed by atoms with van der Waals surface area (Å²) in [4.78, 5) is 65.9. The van der Waals surface area contributed by atoms with Crippen LogP contribution in [0.3, 0.4) is 0 Å². The number of anilines is 6. The van der Waals surface area contributed by atoms with Crippen molar-refractivity contribution in [1.29, 1.82) is 0 Å². The fraction of sp³-hybridized carbons (Fsp3) is 0.875. The van der Waals surface area contributed by atoms with E-state index in [-0.39, 0.29) is 93.6 Å². The standard InChI is InChI=1S/C64H118N16O4/c1-21-77(45-37-57(5,6)73-58(7,8)38-45)53-67-51(68-54(71-53)78(22-2)46-39-59(9,10)74-60(11,12)40-46)65-33-35-83-49(81)31-29-27-25-26-28-30-32-50(82)84-36-34-66-52-69-55(79(23-3)47-41-61(13,14)75-62(15,16)42-47)72-56(70-52)80(24-4)48-43-63(17,18)76-64(19,20)44-48/h45-48,73-76H,21-44H2,1-20H3,(H,65,67,68,71)(H,66,69,70,72). The van der Waals surface area contributed by atoms with Crippen molar-refractivity contribution in [2.24, 2.45) is 0 Å². The lowest BCUT2D eigenvalue weighted by atomic mass is 9.79. The number of nitrogens with zero attached hydrogens (tertiary/aromatic N) is 10. The van der Waals surface area contributed by atoms with Gasteiger partial charge in [-0.1, -0.05) is 25.7 Å². The van der Waals surface area contributed by atoms with Gasteiger partial charge < -0.3 is 61.0 Å². The minimum atomic E-state index is -0.203. The van der Waals surface area contributed by atoms with Crippen molar-refractivity contribution in [3.63, 3.8) is 0 Å². The lowest BCUT2D eigenvalue weighted by Crippen LogP contribution is -2.62. The predicted octanol–water partition coefficient (Wildman–Crippen LogP) is 10.3. The number of aromatic nitrogens is 6. The highest BCUT2D eigenvalue weighted by atomic mass is 16.5. The summed E-state index contributed by atoms with van der Waals surface area (Å²) in [6.45, 7) is 49.5. The van der Waals surface area contributed by atoms with Gasteiger partial charge in [0.1, 0.15) is 13.2 Å². The van der Waals surface area contributed by atoms with E-state index >= 15 is 0 Å². The van der Waals surface area contributed by atoms with Crippen LogP contribution in [0, 0.1) is 0 Å². The van der Waals surface area contributed by atoms with Gasteiger partial charge in [-0.3, -0.25) is 9.59 Å². The van der Waals surface area contributed by atoms with E-state index in [9.17, 15) is 9.59 Å². The number of carbonyl (C=O) groups is 2. The molecule has 0 atom stereocenters. The van der Waals surface area contributed by atoms with Crippen molar-refractivity contribution in [2.45, 2.75) is 310 Å². The summed E-state index contributed by atoms with van der Waals surface area (Å²) in [5, 5.41) is 22.2. The summed E-state index contributed by atoms with van der Waals surface area (Å²) in [5.74, 6) is 3.29. The molecule has 0 aromatic carbocycles. The van der Waals surface area contributed by atoms with Gasteiger partial charge >= 0.3 is 11.9 Å². The van der Waals surface area contributed by atoms with Crippen LogP contribution in [-0.4, -0.2) is 163 Å². The zero-order chi connectivity index (χ0) is 62.1. The number of hydrogen-bond acceptors (Lipinski definition) is 20. The van der Waals surface area contributed by atoms with E-state index in [2.05, 4.69) is 190 Å². The lowest BCUT2D eigenvalue weighted by molar-refractivity contribution is -0.144. The van der Waals surface area contributed by atoms with E-state index in [0.29, 0.717) is 61.6 Å². The van der Waals surface area contributed by atoms with Crippen molar-refractivity contribution >= 4 is 47.6 Å². The molecule has 20 nitrogen and oxygen atoms in total. The van der Waals surface area contributed by atoms with Crippen LogP contribution < -0.4 is 51.5 Å². The van der Waals surface area contributed by atoms with Gasteiger partial charge in [0.05, 0.1) is 13.1 Å². The van der Waals surface area contributed by atoms with Gasteiger partial charge in [0.15, 0.2) is 0 Å². The van der Waals surface area contributed by atoms with Crippen LogP contribution in [-0.2, 0) is 19.1 Å². The zero-order valence-corrected chi connectivity index (χ0v) is 56.4. The Balaban J connectivity index is 0.940. The highest BCUT2D eigenvalue weighted by Gasteiger charge is 2.45. The van der Waals surface area contributed by atoms with Gasteiger partial charge in [-0.05, 0) is 203 Å². The maximum atomic E-state index is 12.9. The molecule has 6 rings (SSSR count). The molecule has 6 N–H and O–H groups in total. The number of nitrogens with one attached hydrogen (secondary N) is 6. The number of piperidine rings is 4. The van der Waals surface area contributed by atoms with Gasteiger partial charge in [0.2, 0.25) is 35.7 Å². The highest BCUT2D eigenvalue weighted by Crippen LogP contribution is 2.39. The molecule has 0 unspecified atom stereocenters. The third-order valence-corrected chi connectivity index (χ3v) is 17.4. The Labute approximate surface area is 508 Å². The largest absolute Gasteiger partial charge is 0.464 e. The molecule has 84 heavy (non-hydrogen) atoms. The fourth-order valence-electron chi connectivity index (χ4n) is 15.6. The fourth-order valence-corrected chi connectivity index (χ4v) is 15.6. The second-order valence-electron chi connectivity index (χ2n) is 30.4. The molecule has 2 aromatic rings. The van der Waals surface area contributed by atoms with E-state index in [4.69, 9.17) is 39.4 Å². The molecule has 478 valence electrons. The lowest BCUT2D eigenvalue weighted by Gasteiger charge is -2.50. The summed E-state index contributed by atoms with van der Waals surface area (Å²) in [5.41, 5.74) is -0.342. The Morgan fingerprint density at radius 2 is 0.595 bits per heavy atom. The molecule has 0 bridgehead atoms. The smallest absolute Gasteiger partial charge is 0.305 e. The average molecular weight is 1180 g/mol. The zero-order valence-electron chi connectivity index (χ0n) is 56.4. The van der Waals surface area contributed by atoms with Gasteiger partial charge in [0.25, 0.3) is 0 Å². The first-order valence-corrected chi connectivity index (χ1v) is 32.6. The van der Waals surface area contributed by atoms with E-state index in [1.165, 1.54) is 0 Å². The monoisotopic (exact) mass is 1170 g/mol. The maximum absolute atomic E-state index is 12.9. The van der Waals surface area contributed by atoms with Crippen LogP contribution >= 0.6 is 0 Å². The van der Waals surface area contributed by atoms with Crippen molar-refractivity contribution in [3.05, 3.63) is 0 Å². The molecule has 0 aliphatic carbocycles. The Hall–Kier alpha value is -4.40. The first-order valence-electron chi connectivity index (χ1n) is 32.6. The second-order valence-corrected chi connectivity index (χ2v) is 30.4. The average Bonchev–Trinajstić information content (AvgIpc) is 2.37. The molecular formula is C64H118N16O4. The Kier molecular flexibility index (Phi) is 23.1. The van der Waals surface area contributed by atoms with E-state index in [0.717, 1.165) is 116 Å². The number of hydrogen-bond donors (Lipinski definition) is 6. The Bertz CT molecular complexity index is 2090. The molecule has 4 aliphatic heterocycles. The van der Waals surface area contributed by atoms with E-state index in [1.807, 2.05) is 0 Å². The Morgan fingerprint density at radius 3 is 0.810 bits per heavy atom. The SMILES string of the molecule is CCN(c1nc(NCCOC(=O)CCCCCCCCC(=O)OCCNc2nc(N(CC)C3CC(C)(C)NC(C)(C)C3)nc(N(CC)C3CC(C)(C)NC(C)(C)C3)n2)nc(N(CC)C2CC(C)(C)NC(C)(C)C2)n1)C1CC(C)(C)NC(C)(C)C1. The van der Waals surface area contributed by atoms with E-state index in [1.54, 1.807) is 0 Å². The normalized spacial score (nSPS) is 21.7. The third-order valence-electron chi connectivity index (χ3n) is 17.4. The van der Waals surface area contributed by atoms with Crippen molar-refractivity contribution in [2.75, 3.05) is 82.7 Å². The van der Waals surface area contributed by atoms with Crippen LogP contribution in [0.25, 0.3) is 0 Å². The molecule has 2 aromatic heterocycles. The summed E-state index contributed by atoms with van der Waals surface area (Å²) in [6.07, 6.45) is 13.8. The molecule has 0 spiro atoms. The molecular weight excluding hydrogens is 1060 g/mol. The Morgan fingerprint density at radius 1 is 0.381 bits per heavy atom. The summed E-state index contributed by atoms with van der Waals surface area (Å²) in [7, 11) is 0. The topological polar surface area (TPSA) is 215 Å². The summed E-state index contributed by atoms with van der Waals surface area (Å²) >= 11 is 0. The summed E-state index contributed by atoms with van der Waals surface area (Å²) in [6, 6.07) is 0.972. The number of carbonyl (C=O) groups excluding carboxylic acids is 2. The number of unbranched alkanes of at least 4 members (excludes halogenated alkanes) is 5. The molecule has 6 heterocycles. The first-order chi connectivity index (χ1) is 39.1. The molecule has 4 aliphatic rings. The predicted molar refractivity (Wildman–Crippen MR) is 345 cm³/mol. The van der Waals surface area contributed by atoms with Crippen molar-refractivity contribution < 1.29 is 19.1 Å². The molecule has 4 fully saturated rings. The first kappa shape index (κ1) is 68.7. The molecule has 0 amide bonds. The molecule has 20 heteroatoms. The van der Waals surface area contributed by atoms with Crippen LogP contribution in [0.4, 0.5) is 35.7 Å². The van der Waals surface area contributed by atoms with Gasteiger partial charge in [-0.25, -0.2) is 0 Å². The quantitative estimate of drug-likeness (QED) is 0.0330. The number of esters is 2. The van der Waals surface area contributed by atoms with Crippen molar-refractivity contribution in [1.82, 2.24) is 51.2 Å². The third kappa shape index (κ3) is 20.6. The minimum Gasteiger partial charge on any atom is -0.464 e. The van der Waals surface area contributed by atoms with Gasteiger partial charge in [-0.15, -0.1) is 0 Å². The van der Waals surface area contributed by atoms with E-state index < -0.39 is 0 Å². The second kappa shape index (κ2) is 28.2. The number of ether oxygens (including phenoxy) is 2. The molecule has 4 saturated heterocycles. The van der Waals surface area contributed by atoms with Crippen molar-refractivity contribution in [3.8, 4) is 0 Å². The molecule has 0 radical (unpaired) electrons.